The molecule has 4 N–H and O–H groups in total. The lowest BCUT2D eigenvalue weighted by atomic mass is 10.1. The van der Waals surface area contributed by atoms with Gasteiger partial charge < -0.3 is 20.7 Å². The van der Waals surface area contributed by atoms with Gasteiger partial charge in [0.25, 0.3) is 0 Å². The van der Waals surface area contributed by atoms with Crippen molar-refractivity contribution in [2.75, 3.05) is 18.4 Å². The fourth-order valence-corrected chi connectivity index (χ4v) is 3.42. The number of carbonyl (C=O) groups is 1. The number of hydrogen-bond donors (Lipinski definition) is 3. The van der Waals surface area contributed by atoms with Crippen LogP contribution in [-0.2, 0) is 0 Å². The molecule has 3 rings (SSSR count). The van der Waals surface area contributed by atoms with E-state index in [9.17, 15) is 19.1 Å². The molecule has 6 nitrogen and oxygen atoms in total. The molecule has 9 heteroatoms. The molecule has 1 saturated carbocycles. The summed E-state index contributed by atoms with van der Waals surface area (Å²) in [7, 11) is 0. The summed E-state index contributed by atoms with van der Waals surface area (Å²) < 4.78 is 15.9. The van der Waals surface area contributed by atoms with Crippen molar-refractivity contribution in [3.8, 4) is 0 Å². The molecule has 0 aliphatic heterocycles. The van der Waals surface area contributed by atoms with E-state index in [1.54, 1.807) is 0 Å². The van der Waals surface area contributed by atoms with Gasteiger partial charge in [0.15, 0.2) is 0 Å². The minimum atomic E-state index is -1.46. The third kappa shape index (κ3) is 2.62. The van der Waals surface area contributed by atoms with Crippen LogP contribution in [0, 0.1) is 5.82 Å². The number of halogens is 3. The van der Waals surface area contributed by atoms with Crippen molar-refractivity contribution in [3.05, 3.63) is 37.8 Å². The number of rotatable bonds is 5. The minimum absolute atomic E-state index is 0.0127. The summed E-state index contributed by atoms with van der Waals surface area (Å²) in [5, 5.41) is 11.8. The third-order valence-electron chi connectivity index (χ3n) is 3.89. The van der Waals surface area contributed by atoms with E-state index in [4.69, 9.17) is 28.9 Å². The van der Waals surface area contributed by atoms with Gasteiger partial charge in [-0.1, -0.05) is 23.2 Å². The van der Waals surface area contributed by atoms with Crippen LogP contribution >= 0.6 is 23.2 Å². The highest BCUT2D eigenvalue weighted by Gasteiger charge is 2.32. The van der Waals surface area contributed by atoms with Crippen LogP contribution in [0.1, 0.15) is 29.2 Å². The first-order valence-corrected chi connectivity index (χ1v) is 8.07. The number of aromatic carboxylic acids is 1. The first-order chi connectivity index (χ1) is 11.4. The molecule has 0 amide bonds. The van der Waals surface area contributed by atoms with Gasteiger partial charge in [-0.3, -0.25) is 4.79 Å². The van der Waals surface area contributed by atoms with Crippen molar-refractivity contribution in [1.29, 1.82) is 0 Å². The number of carboxylic acids is 1. The topological polar surface area (TPSA) is 97.3 Å². The Balaban J connectivity index is 2.43. The number of hydrogen-bond acceptors (Lipinski definition) is 4. The van der Waals surface area contributed by atoms with Gasteiger partial charge in [0.1, 0.15) is 16.5 Å². The molecule has 0 atom stereocenters. The van der Waals surface area contributed by atoms with E-state index >= 15 is 0 Å². The molecule has 0 saturated heterocycles. The average Bonchev–Trinajstić information content (AvgIpc) is 3.33. The van der Waals surface area contributed by atoms with Crippen molar-refractivity contribution in [2.24, 2.45) is 5.73 Å². The second kappa shape index (κ2) is 6.23. The van der Waals surface area contributed by atoms with Crippen molar-refractivity contribution in [1.82, 2.24) is 4.57 Å². The van der Waals surface area contributed by atoms with Crippen LogP contribution in [0.25, 0.3) is 10.9 Å². The molecule has 1 fully saturated rings. The molecule has 1 aromatic carbocycles. The maximum absolute atomic E-state index is 14.3. The van der Waals surface area contributed by atoms with E-state index in [1.807, 2.05) is 0 Å². The number of pyridine rings is 1. The van der Waals surface area contributed by atoms with E-state index in [1.165, 1.54) is 4.57 Å². The lowest BCUT2D eigenvalue weighted by molar-refractivity contribution is 0.0695. The van der Waals surface area contributed by atoms with Crippen LogP contribution < -0.4 is 16.5 Å². The number of anilines is 1. The van der Waals surface area contributed by atoms with Gasteiger partial charge >= 0.3 is 5.97 Å². The maximum Gasteiger partial charge on any atom is 0.342 e. The predicted molar refractivity (Wildman–Crippen MR) is 91.0 cm³/mol. The van der Waals surface area contributed by atoms with E-state index < -0.39 is 22.8 Å². The zero-order chi connectivity index (χ0) is 17.6. The van der Waals surface area contributed by atoms with Crippen molar-refractivity contribution < 1.29 is 14.3 Å². The highest BCUT2D eigenvalue weighted by Crippen LogP contribution is 2.43. The second-order valence-corrected chi connectivity index (χ2v) is 6.30. The highest BCUT2D eigenvalue weighted by atomic mass is 35.5. The quantitative estimate of drug-likeness (QED) is 0.700. The summed E-state index contributed by atoms with van der Waals surface area (Å²) in [5.41, 5.74) is 4.23. The number of nitrogens with two attached hydrogens (primary N) is 1. The van der Waals surface area contributed by atoms with Gasteiger partial charge in [0.05, 0.1) is 21.6 Å². The summed E-state index contributed by atoms with van der Waals surface area (Å²) in [5.74, 6) is -2.21. The standard InChI is InChI=1S/C15H14Cl2FN3O3/c16-10-11(20-4-3-19)8(18)5-7-12(10)21(6-1-2-6)14(17)9(13(7)22)15(23)24/h5-6,20H,1-4,19H2,(H,23,24). The monoisotopic (exact) mass is 373 g/mol. The minimum Gasteiger partial charge on any atom is -0.477 e. The first kappa shape index (κ1) is 17.0. The van der Waals surface area contributed by atoms with Crippen molar-refractivity contribution in [3.63, 3.8) is 0 Å². The van der Waals surface area contributed by atoms with Crippen molar-refractivity contribution >= 4 is 45.8 Å². The molecule has 1 aliphatic carbocycles. The van der Waals surface area contributed by atoms with Gasteiger partial charge in [-0.25, -0.2) is 9.18 Å². The number of carboxylic acid groups (broad SMARTS) is 1. The van der Waals surface area contributed by atoms with E-state index in [-0.39, 0.29) is 45.9 Å². The predicted octanol–water partition coefficient (Wildman–Crippen LogP) is 2.85. The molecule has 0 spiro atoms. The summed E-state index contributed by atoms with van der Waals surface area (Å²) in [4.78, 5) is 23.9. The molecular weight excluding hydrogens is 360 g/mol. The zero-order valence-corrected chi connectivity index (χ0v) is 13.9. The summed E-state index contributed by atoms with van der Waals surface area (Å²) in [6, 6.07) is 0.924. The molecule has 128 valence electrons. The Morgan fingerprint density at radius 2 is 2.12 bits per heavy atom. The Labute approximate surface area is 146 Å². The maximum atomic E-state index is 14.3. The molecule has 2 aromatic rings. The highest BCUT2D eigenvalue weighted by molar-refractivity contribution is 6.39. The SMILES string of the molecule is NCCNc1c(F)cc2c(=O)c(C(=O)O)c(Cl)n(C3CC3)c2c1Cl. The lowest BCUT2D eigenvalue weighted by Crippen LogP contribution is -2.22. The Kier molecular flexibility index (Phi) is 4.42. The number of nitrogens with zero attached hydrogens (tertiary/aromatic N) is 1. The fourth-order valence-electron chi connectivity index (χ4n) is 2.68. The molecule has 0 bridgehead atoms. The largest absolute Gasteiger partial charge is 0.477 e. The Morgan fingerprint density at radius 1 is 1.46 bits per heavy atom. The Hall–Kier alpha value is -1.83. The average molecular weight is 374 g/mol. The molecule has 0 radical (unpaired) electrons. The van der Waals surface area contributed by atoms with Gasteiger partial charge in [0, 0.05) is 19.1 Å². The van der Waals surface area contributed by atoms with Crippen LogP contribution in [-0.4, -0.2) is 28.7 Å². The van der Waals surface area contributed by atoms with E-state index in [2.05, 4.69) is 5.32 Å². The Bertz CT molecular complexity index is 909. The summed E-state index contributed by atoms with van der Waals surface area (Å²) >= 11 is 12.5. The number of fused-ring (bicyclic) bond motifs is 1. The molecule has 1 aliphatic rings. The zero-order valence-electron chi connectivity index (χ0n) is 12.4. The van der Waals surface area contributed by atoms with Crippen LogP contribution in [0.15, 0.2) is 10.9 Å². The van der Waals surface area contributed by atoms with Gasteiger partial charge in [-0.2, -0.15) is 0 Å². The van der Waals surface area contributed by atoms with Crippen LogP contribution in [0.3, 0.4) is 0 Å². The van der Waals surface area contributed by atoms with Crippen LogP contribution in [0.4, 0.5) is 10.1 Å². The van der Waals surface area contributed by atoms with E-state index in [0.717, 1.165) is 18.9 Å². The Morgan fingerprint density at radius 3 is 2.67 bits per heavy atom. The summed E-state index contributed by atoms with van der Waals surface area (Å²) in [6.45, 7) is 0.554. The third-order valence-corrected chi connectivity index (χ3v) is 4.63. The smallest absolute Gasteiger partial charge is 0.342 e. The van der Waals surface area contributed by atoms with Gasteiger partial charge in [0.2, 0.25) is 5.43 Å². The number of benzene rings is 1. The molecule has 24 heavy (non-hydrogen) atoms. The summed E-state index contributed by atoms with van der Waals surface area (Å²) in [6.07, 6.45) is 1.55. The number of nitrogens with one attached hydrogen (secondary N) is 1. The molecular formula is C15H14Cl2FN3O3. The van der Waals surface area contributed by atoms with Crippen molar-refractivity contribution in [2.45, 2.75) is 18.9 Å². The first-order valence-electron chi connectivity index (χ1n) is 7.31. The number of aromatic nitrogens is 1. The molecule has 1 aromatic heterocycles. The van der Waals surface area contributed by atoms with Gasteiger partial charge in [-0.05, 0) is 18.9 Å². The normalized spacial score (nSPS) is 14.2. The lowest BCUT2D eigenvalue weighted by Gasteiger charge is -2.18. The van der Waals surface area contributed by atoms with Gasteiger partial charge in [-0.15, -0.1) is 0 Å². The molecule has 0 unspecified atom stereocenters. The second-order valence-electron chi connectivity index (χ2n) is 5.56. The van der Waals surface area contributed by atoms with Crippen LogP contribution in [0.2, 0.25) is 10.2 Å². The van der Waals surface area contributed by atoms with E-state index in [0.29, 0.717) is 0 Å². The fraction of sp³-hybridized carbons (Fsp3) is 0.333. The molecule has 1 heterocycles. The van der Waals surface area contributed by atoms with Crippen LogP contribution in [0.5, 0.6) is 0 Å².